The van der Waals surface area contributed by atoms with E-state index in [0.29, 0.717) is 0 Å². The highest BCUT2D eigenvalue weighted by molar-refractivity contribution is 7.22. The summed E-state index contributed by atoms with van der Waals surface area (Å²) >= 11 is 1.54. The molecule has 4 rings (SSSR count). The van der Waals surface area contributed by atoms with E-state index < -0.39 is 0 Å². The molecule has 1 aromatic heterocycles. The topological polar surface area (TPSA) is 49.7 Å². The van der Waals surface area contributed by atoms with Crippen molar-refractivity contribution in [1.29, 1.82) is 0 Å². The molecule has 0 aliphatic rings. The molecule has 3 aromatic carbocycles. The van der Waals surface area contributed by atoms with Gasteiger partial charge in [-0.15, -0.1) is 11.3 Å². The van der Waals surface area contributed by atoms with Crippen LogP contribution in [0.15, 0.2) is 73.3 Å². The molecule has 3 nitrogen and oxygen atoms in total. The molecule has 1 heterocycles. The van der Waals surface area contributed by atoms with Crippen LogP contribution in [0.3, 0.4) is 0 Å². The predicted octanol–water partition coefficient (Wildman–Crippen LogP) is 6.80. The molecule has 0 aliphatic carbocycles. The van der Waals surface area contributed by atoms with Crippen LogP contribution in [-0.4, -0.2) is 10.2 Å². The zero-order valence-electron chi connectivity index (χ0n) is 14.8. The molecule has 0 saturated carbocycles. The highest BCUT2D eigenvalue weighted by Crippen LogP contribution is 2.47. The molecule has 0 fully saturated rings. The Morgan fingerprint density at radius 3 is 2.22 bits per heavy atom. The van der Waals surface area contributed by atoms with Gasteiger partial charge >= 0.3 is 0 Å². The normalized spacial score (nSPS) is 10.9. The Labute approximate surface area is 161 Å². The molecule has 4 aromatic rings. The molecule has 4 heteroatoms. The summed E-state index contributed by atoms with van der Waals surface area (Å²) in [6.07, 6.45) is 0. The molecule has 0 unspecified atom stereocenters. The standard InChI is InChI=1S/C23H18O3S/c1-14(2)15-5-10-19(11-6-15)26-22-20-12-9-18(25)13-21(20)27-23(22)16-3-7-17(24)8-4-16/h3-13,24-25H,1H2,2H3. The Bertz CT molecular complexity index is 1120. The van der Waals surface area contributed by atoms with Crippen molar-refractivity contribution in [3.8, 4) is 33.4 Å². The molecular weight excluding hydrogens is 356 g/mol. The van der Waals surface area contributed by atoms with Gasteiger partial charge in [-0.2, -0.15) is 0 Å². The smallest absolute Gasteiger partial charge is 0.153 e. The zero-order chi connectivity index (χ0) is 19.0. The lowest BCUT2D eigenvalue weighted by Gasteiger charge is -2.09. The van der Waals surface area contributed by atoms with Gasteiger partial charge in [-0.1, -0.05) is 24.3 Å². The van der Waals surface area contributed by atoms with Crippen molar-refractivity contribution in [2.75, 3.05) is 0 Å². The number of fused-ring (bicyclic) bond motifs is 1. The number of phenolic OH excluding ortho intramolecular Hbond substituents is 2. The lowest BCUT2D eigenvalue weighted by Crippen LogP contribution is -1.86. The van der Waals surface area contributed by atoms with E-state index in [-0.39, 0.29) is 11.5 Å². The van der Waals surface area contributed by atoms with Crippen molar-refractivity contribution in [2.45, 2.75) is 6.92 Å². The first-order valence-corrected chi connectivity index (χ1v) is 9.31. The van der Waals surface area contributed by atoms with Gasteiger partial charge in [-0.3, -0.25) is 0 Å². The number of hydrogen-bond donors (Lipinski definition) is 2. The van der Waals surface area contributed by atoms with E-state index in [1.54, 1.807) is 35.6 Å². The first kappa shape index (κ1) is 17.2. The van der Waals surface area contributed by atoms with E-state index in [9.17, 15) is 10.2 Å². The maximum Gasteiger partial charge on any atom is 0.153 e. The average molecular weight is 374 g/mol. The Kier molecular flexibility index (Phi) is 4.34. The van der Waals surface area contributed by atoms with Gasteiger partial charge in [0.1, 0.15) is 17.2 Å². The highest BCUT2D eigenvalue weighted by atomic mass is 32.1. The maximum absolute atomic E-state index is 9.83. The predicted molar refractivity (Wildman–Crippen MR) is 112 cm³/mol. The lowest BCUT2D eigenvalue weighted by molar-refractivity contribution is 0.475. The largest absolute Gasteiger partial charge is 0.508 e. The van der Waals surface area contributed by atoms with Gasteiger partial charge in [-0.25, -0.2) is 0 Å². The molecule has 134 valence electrons. The fraction of sp³-hybridized carbons (Fsp3) is 0.0435. The molecule has 0 amide bonds. The summed E-state index contributed by atoms with van der Waals surface area (Å²) < 4.78 is 7.20. The maximum atomic E-state index is 9.83. The summed E-state index contributed by atoms with van der Waals surface area (Å²) in [5.74, 6) is 1.91. The number of rotatable bonds is 4. The van der Waals surface area contributed by atoms with Gasteiger partial charge < -0.3 is 14.9 Å². The summed E-state index contributed by atoms with van der Waals surface area (Å²) in [5.41, 5.74) is 3.02. The monoisotopic (exact) mass is 374 g/mol. The SMILES string of the molecule is C=C(C)c1ccc(Oc2c(-c3ccc(O)cc3)sc3cc(O)ccc23)cc1. The zero-order valence-corrected chi connectivity index (χ0v) is 15.6. The minimum Gasteiger partial charge on any atom is -0.508 e. The van der Waals surface area contributed by atoms with Crippen LogP contribution in [-0.2, 0) is 0 Å². The highest BCUT2D eigenvalue weighted by Gasteiger charge is 2.17. The van der Waals surface area contributed by atoms with E-state index in [4.69, 9.17) is 4.74 Å². The Hall–Kier alpha value is -3.24. The van der Waals surface area contributed by atoms with E-state index in [1.165, 1.54) is 0 Å². The van der Waals surface area contributed by atoms with Crippen LogP contribution < -0.4 is 4.74 Å². The summed E-state index contributed by atoms with van der Waals surface area (Å²) in [6, 6.07) is 20.1. The molecule has 0 aliphatic heterocycles. The Morgan fingerprint density at radius 1 is 0.889 bits per heavy atom. The van der Waals surface area contributed by atoms with Gasteiger partial charge in [0.2, 0.25) is 0 Å². The number of phenols is 2. The molecule has 0 bridgehead atoms. The van der Waals surface area contributed by atoms with Crippen LogP contribution in [0.4, 0.5) is 0 Å². The minimum atomic E-state index is 0.218. The second kappa shape index (κ2) is 6.82. The van der Waals surface area contributed by atoms with Crippen LogP contribution in [0.2, 0.25) is 0 Å². The van der Waals surface area contributed by atoms with Crippen LogP contribution in [0.5, 0.6) is 23.0 Å². The van der Waals surface area contributed by atoms with E-state index in [2.05, 4.69) is 6.58 Å². The summed E-state index contributed by atoms with van der Waals surface area (Å²) in [6.45, 7) is 5.93. The fourth-order valence-electron chi connectivity index (χ4n) is 2.89. The third-order valence-electron chi connectivity index (χ3n) is 4.32. The van der Waals surface area contributed by atoms with E-state index in [1.807, 2.05) is 49.4 Å². The fourth-order valence-corrected chi connectivity index (χ4v) is 4.06. The van der Waals surface area contributed by atoms with Crippen LogP contribution >= 0.6 is 11.3 Å². The van der Waals surface area contributed by atoms with Crippen molar-refractivity contribution in [2.24, 2.45) is 0 Å². The third-order valence-corrected chi connectivity index (χ3v) is 5.51. The quantitative estimate of drug-likeness (QED) is 0.413. The number of ether oxygens (including phenoxy) is 1. The summed E-state index contributed by atoms with van der Waals surface area (Å²) in [7, 11) is 0. The molecule has 27 heavy (non-hydrogen) atoms. The van der Waals surface area contributed by atoms with Crippen molar-refractivity contribution >= 4 is 27.0 Å². The lowest BCUT2D eigenvalue weighted by atomic mass is 10.1. The van der Waals surface area contributed by atoms with Gasteiger partial charge in [0.15, 0.2) is 5.75 Å². The number of allylic oxidation sites excluding steroid dienone is 1. The Balaban J connectivity index is 1.83. The second-order valence-electron chi connectivity index (χ2n) is 6.39. The number of aromatic hydroxyl groups is 2. The summed E-state index contributed by atoms with van der Waals surface area (Å²) in [4.78, 5) is 0.944. The molecule has 0 saturated heterocycles. The van der Waals surface area contributed by atoms with Crippen molar-refractivity contribution in [1.82, 2.24) is 0 Å². The van der Waals surface area contributed by atoms with Crippen LogP contribution in [0.25, 0.3) is 26.1 Å². The van der Waals surface area contributed by atoms with Gasteiger partial charge in [0, 0.05) is 10.1 Å². The molecule has 2 N–H and O–H groups in total. The van der Waals surface area contributed by atoms with Crippen LogP contribution in [0, 0.1) is 0 Å². The first-order chi connectivity index (χ1) is 13.0. The Morgan fingerprint density at radius 2 is 1.56 bits per heavy atom. The number of hydrogen-bond acceptors (Lipinski definition) is 4. The van der Waals surface area contributed by atoms with Gasteiger partial charge in [0.05, 0.1) is 4.88 Å². The van der Waals surface area contributed by atoms with Crippen molar-refractivity contribution in [3.05, 3.63) is 78.9 Å². The first-order valence-electron chi connectivity index (χ1n) is 8.50. The number of thiophene rings is 1. The summed E-state index contributed by atoms with van der Waals surface area (Å²) in [5, 5.41) is 20.4. The third kappa shape index (κ3) is 3.39. The van der Waals surface area contributed by atoms with E-state index in [0.717, 1.165) is 43.2 Å². The molecule has 0 radical (unpaired) electrons. The van der Waals surface area contributed by atoms with Gasteiger partial charge in [-0.05, 0) is 72.6 Å². The molecule has 0 atom stereocenters. The van der Waals surface area contributed by atoms with Crippen LogP contribution in [0.1, 0.15) is 12.5 Å². The van der Waals surface area contributed by atoms with Crippen molar-refractivity contribution in [3.63, 3.8) is 0 Å². The molecule has 0 spiro atoms. The second-order valence-corrected chi connectivity index (χ2v) is 7.45. The molecular formula is C23H18O3S. The van der Waals surface area contributed by atoms with E-state index >= 15 is 0 Å². The van der Waals surface area contributed by atoms with Crippen molar-refractivity contribution < 1.29 is 14.9 Å². The minimum absolute atomic E-state index is 0.218. The number of benzene rings is 3. The van der Waals surface area contributed by atoms with Gasteiger partial charge in [0.25, 0.3) is 0 Å². The average Bonchev–Trinajstić information content (AvgIpc) is 3.00.